The van der Waals surface area contributed by atoms with Crippen molar-refractivity contribution >= 4 is 23.7 Å². The Morgan fingerprint density at radius 1 is 0.800 bits per heavy atom. The van der Waals surface area contributed by atoms with E-state index in [1.807, 2.05) is 78.9 Å². The fourth-order valence-corrected chi connectivity index (χ4v) is 3.04. The van der Waals surface area contributed by atoms with Crippen LogP contribution in [-0.2, 0) is 0 Å². The maximum Gasteiger partial charge on any atom is 0.309 e. The predicted octanol–water partition coefficient (Wildman–Crippen LogP) is 5.23. The third kappa shape index (κ3) is 4.59. The fourth-order valence-electron chi connectivity index (χ4n) is 2.85. The molecular weight excluding hydrogens is 396 g/mol. The van der Waals surface area contributed by atoms with E-state index in [1.165, 1.54) is 6.21 Å². The molecular formula is C24H17ClN4O. The van der Waals surface area contributed by atoms with Crippen molar-refractivity contribution in [2.75, 3.05) is 0 Å². The average molecular weight is 413 g/mol. The Bertz CT molecular complexity index is 1140. The minimum Gasteiger partial charge on any atom is -0.264 e. The normalized spacial score (nSPS) is 10.8. The molecule has 5 nitrogen and oxygen atoms in total. The standard InChI is InChI=1S/C24H17ClN4O/c25-20-14-8-7-13-19(20)16-26-29-24(30)23-27-21(17-9-3-1-4-10-17)15-22(28-23)18-11-5-2-6-12-18/h1-16H,(H,29,30). The summed E-state index contributed by atoms with van der Waals surface area (Å²) in [5.74, 6) is -0.472. The second-order valence-corrected chi connectivity index (χ2v) is 6.82. The van der Waals surface area contributed by atoms with E-state index in [4.69, 9.17) is 11.6 Å². The first-order chi connectivity index (χ1) is 14.7. The minimum absolute atomic E-state index is 0.0338. The van der Waals surface area contributed by atoms with Crippen molar-refractivity contribution in [3.63, 3.8) is 0 Å². The highest BCUT2D eigenvalue weighted by molar-refractivity contribution is 6.33. The van der Waals surface area contributed by atoms with Crippen LogP contribution >= 0.6 is 11.6 Å². The second kappa shape index (κ2) is 9.11. The third-order valence-electron chi connectivity index (χ3n) is 4.34. The molecule has 0 atom stereocenters. The van der Waals surface area contributed by atoms with E-state index in [2.05, 4.69) is 20.5 Å². The largest absolute Gasteiger partial charge is 0.309 e. The van der Waals surface area contributed by atoms with Gasteiger partial charge in [-0.2, -0.15) is 5.10 Å². The molecule has 0 saturated heterocycles. The van der Waals surface area contributed by atoms with E-state index in [9.17, 15) is 4.79 Å². The van der Waals surface area contributed by atoms with E-state index in [1.54, 1.807) is 12.1 Å². The molecule has 4 rings (SSSR count). The Morgan fingerprint density at radius 3 is 1.90 bits per heavy atom. The summed E-state index contributed by atoms with van der Waals surface area (Å²) in [7, 11) is 0. The van der Waals surface area contributed by atoms with Gasteiger partial charge in [0.15, 0.2) is 0 Å². The van der Waals surface area contributed by atoms with Crippen molar-refractivity contribution in [2.24, 2.45) is 5.10 Å². The number of amides is 1. The number of hydrazone groups is 1. The van der Waals surface area contributed by atoms with Crippen molar-refractivity contribution < 1.29 is 4.79 Å². The number of nitrogens with zero attached hydrogens (tertiary/aromatic N) is 3. The number of rotatable bonds is 5. The van der Waals surface area contributed by atoms with Crippen LogP contribution in [0.5, 0.6) is 0 Å². The number of carbonyl (C=O) groups is 1. The van der Waals surface area contributed by atoms with Crippen LogP contribution in [0.1, 0.15) is 16.2 Å². The van der Waals surface area contributed by atoms with Crippen LogP contribution in [-0.4, -0.2) is 22.1 Å². The van der Waals surface area contributed by atoms with Crippen LogP contribution in [0, 0.1) is 0 Å². The Hall–Kier alpha value is -3.83. The molecule has 0 aliphatic rings. The average Bonchev–Trinajstić information content (AvgIpc) is 2.81. The lowest BCUT2D eigenvalue weighted by molar-refractivity contribution is 0.0945. The summed E-state index contributed by atoms with van der Waals surface area (Å²) in [5.41, 5.74) is 6.28. The van der Waals surface area contributed by atoms with E-state index in [-0.39, 0.29) is 5.82 Å². The van der Waals surface area contributed by atoms with Crippen molar-refractivity contribution in [3.8, 4) is 22.5 Å². The van der Waals surface area contributed by atoms with Crippen molar-refractivity contribution in [1.29, 1.82) is 0 Å². The minimum atomic E-state index is -0.506. The summed E-state index contributed by atoms with van der Waals surface area (Å²) < 4.78 is 0. The maximum atomic E-state index is 12.7. The smallest absolute Gasteiger partial charge is 0.264 e. The van der Waals surface area contributed by atoms with Gasteiger partial charge in [-0.05, 0) is 12.1 Å². The first-order valence-electron chi connectivity index (χ1n) is 9.28. The Labute approximate surface area is 179 Å². The molecule has 0 bridgehead atoms. The van der Waals surface area contributed by atoms with Crippen LogP contribution in [0.3, 0.4) is 0 Å². The first-order valence-corrected chi connectivity index (χ1v) is 9.66. The molecule has 0 aliphatic heterocycles. The molecule has 1 heterocycles. The molecule has 1 aromatic heterocycles. The Morgan fingerprint density at radius 2 is 1.33 bits per heavy atom. The maximum absolute atomic E-state index is 12.7. The summed E-state index contributed by atoms with van der Waals surface area (Å²) in [5, 5.41) is 4.54. The molecule has 6 heteroatoms. The summed E-state index contributed by atoms with van der Waals surface area (Å²) in [6.45, 7) is 0. The monoisotopic (exact) mass is 412 g/mol. The molecule has 1 N–H and O–H groups in total. The van der Waals surface area contributed by atoms with Gasteiger partial charge in [-0.3, -0.25) is 4.79 Å². The van der Waals surface area contributed by atoms with Crippen LogP contribution in [0.25, 0.3) is 22.5 Å². The van der Waals surface area contributed by atoms with Gasteiger partial charge in [0.25, 0.3) is 0 Å². The molecule has 30 heavy (non-hydrogen) atoms. The van der Waals surface area contributed by atoms with Crippen LogP contribution in [0.15, 0.2) is 96.1 Å². The molecule has 4 aromatic rings. The number of nitrogens with one attached hydrogen (secondary N) is 1. The fraction of sp³-hybridized carbons (Fsp3) is 0. The van der Waals surface area contributed by atoms with Crippen molar-refractivity contribution in [1.82, 2.24) is 15.4 Å². The third-order valence-corrected chi connectivity index (χ3v) is 4.69. The quantitative estimate of drug-likeness (QED) is 0.360. The van der Waals surface area contributed by atoms with E-state index in [0.29, 0.717) is 22.0 Å². The summed E-state index contributed by atoms with van der Waals surface area (Å²) in [6, 6.07) is 28.4. The number of halogens is 1. The molecule has 1 amide bonds. The highest BCUT2D eigenvalue weighted by Crippen LogP contribution is 2.23. The molecule has 3 aromatic carbocycles. The summed E-state index contributed by atoms with van der Waals surface area (Å²) in [4.78, 5) is 21.6. The zero-order chi connectivity index (χ0) is 20.8. The Balaban J connectivity index is 1.66. The molecule has 0 aliphatic carbocycles. The molecule has 0 saturated carbocycles. The van der Waals surface area contributed by atoms with Gasteiger partial charge in [-0.25, -0.2) is 15.4 Å². The van der Waals surface area contributed by atoms with E-state index in [0.717, 1.165) is 11.1 Å². The molecule has 0 fully saturated rings. The SMILES string of the molecule is O=C(NN=Cc1ccccc1Cl)c1nc(-c2ccccc2)cc(-c2ccccc2)n1. The molecule has 0 radical (unpaired) electrons. The zero-order valence-corrected chi connectivity index (χ0v) is 16.6. The highest BCUT2D eigenvalue weighted by Gasteiger charge is 2.14. The summed E-state index contributed by atoms with van der Waals surface area (Å²) >= 11 is 6.11. The highest BCUT2D eigenvalue weighted by atomic mass is 35.5. The number of aromatic nitrogens is 2. The van der Waals surface area contributed by atoms with Gasteiger partial charge in [0, 0.05) is 21.7 Å². The van der Waals surface area contributed by atoms with Gasteiger partial charge >= 0.3 is 5.91 Å². The second-order valence-electron chi connectivity index (χ2n) is 6.41. The lowest BCUT2D eigenvalue weighted by Gasteiger charge is -2.08. The predicted molar refractivity (Wildman–Crippen MR) is 119 cm³/mol. The lowest BCUT2D eigenvalue weighted by atomic mass is 10.1. The number of benzene rings is 3. The van der Waals surface area contributed by atoms with Gasteiger partial charge in [0.1, 0.15) is 0 Å². The first kappa shape index (κ1) is 19.5. The van der Waals surface area contributed by atoms with Gasteiger partial charge in [-0.1, -0.05) is 90.5 Å². The number of hydrogen-bond acceptors (Lipinski definition) is 4. The molecule has 0 spiro atoms. The van der Waals surface area contributed by atoms with Crippen molar-refractivity contribution in [2.45, 2.75) is 0 Å². The van der Waals surface area contributed by atoms with Crippen LogP contribution < -0.4 is 5.43 Å². The topological polar surface area (TPSA) is 67.2 Å². The van der Waals surface area contributed by atoms with Gasteiger partial charge in [-0.15, -0.1) is 0 Å². The number of carbonyl (C=O) groups excluding carboxylic acids is 1. The van der Waals surface area contributed by atoms with E-state index >= 15 is 0 Å². The number of hydrogen-bond donors (Lipinski definition) is 1. The Kier molecular flexibility index (Phi) is 5.92. The van der Waals surface area contributed by atoms with Crippen LogP contribution in [0.4, 0.5) is 0 Å². The van der Waals surface area contributed by atoms with Crippen LogP contribution in [0.2, 0.25) is 5.02 Å². The molecule has 0 unspecified atom stereocenters. The molecule has 146 valence electrons. The van der Waals surface area contributed by atoms with Gasteiger partial charge < -0.3 is 0 Å². The zero-order valence-electron chi connectivity index (χ0n) is 15.9. The van der Waals surface area contributed by atoms with E-state index < -0.39 is 5.91 Å². The van der Waals surface area contributed by atoms with Gasteiger partial charge in [0.05, 0.1) is 17.6 Å². The van der Waals surface area contributed by atoms with Gasteiger partial charge in [0.2, 0.25) is 5.82 Å². The lowest BCUT2D eigenvalue weighted by Crippen LogP contribution is -2.21. The van der Waals surface area contributed by atoms with Crippen molar-refractivity contribution in [3.05, 3.63) is 107 Å². The summed E-state index contributed by atoms with van der Waals surface area (Å²) in [6.07, 6.45) is 1.49.